The highest BCUT2D eigenvalue weighted by atomic mass is 19.1. The van der Waals surface area contributed by atoms with Crippen molar-refractivity contribution in [2.75, 3.05) is 0 Å². The predicted octanol–water partition coefficient (Wildman–Crippen LogP) is 2.80. The van der Waals surface area contributed by atoms with Crippen molar-refractivity contribution < 1.29 is 14.0 Å². The minimum absolute atomic E-state index is 0.0287. The summed E-state index contributed by atoms with van der Waals surface area (Å²) >= 11 is 0. The van der Waals surface area contributed by atoms with Crippen LogP contribution in [0.4, 0.5) is 4.39 Å². The molecule has 0 saturated heterocycles. The normalized spacial score (nSPS) is 19.2. The van der Waals surface area contributed by atoms with Gasteiger partial charge in [-0.25, -0.2) is 4.39 Å². The molecule has 26 heavy (non-hydrogen) atoms. The molecule has 2 atom stereocenters. The van der Waals surface area contributed by atoms with Crippen LogP contribution in [0.5, 0.6) is 0 Å². The number of nitrogens with one attached hydrogen (secondary N) is 2. The Morgan fingerprint density at radius 2 is 2.08 bits per heavy atom. The maximum atomic E-state index is 15.0. The lowest BCUT2D eigenvalue weighted by Gasteiger charge is -2.16. The van der Waals surface area contributed by atoms with Crippen LogP contribution in [0.25, 0.3) is 10.9 Å². The monoisotopic (exact) mass is 355 g/mol. The van der Waals surface area contributed by atoms with E-state index in [0.29, 0.717) is 17.5 Å². The lowest BCUT2D eigenvalue weighted by atomic mass is 9.90. The number of aromatic nitrogens is 1. The zero-order chi connectivity index (χ0) is 19.0. The molecule has 1 aromatic heterocycles. The molecular formula is C20H22FN3O2. The van der Waals surface area contributed by atoms with Gasteiger partial charge in [-0.15, -0.1) is 0 Å². The van der Waals surface area contributed by atoms with Gasteiger partial charge in [-0.05, 0) is 63.5 Å². The van der Waals surface area contributed by atoms with Gasteiger partial charge >= 0.3 is 0 Å². The maximum Gasteiger partial charge on any atom is 0.296 e. The number of primary amides is 1. The fourth-order valence-corrected chi connectivity index (χ4v) is 3.96. The second-order valence-corrected chi connectivity index (χ2v) is 6.86. The van der Waals surface area contributed by atoms with Gasteiger partial charge in [0.05, 0.1) is 11.1 Å². The van der Waals surface area contributed by atoms with Crippen LogP contribution in [0.15, 0.2) is 6.07 Å². The van der Waals surface area contributed by atoms with Crippen LogP contribution in [0.3, 0.4) is 0 Å². The minimum Gasteiger partial charge on any atom is -0.366 e. The first-order chi connectivity index (χ1) is 12.3. The Morgan fingerprint density at radius 1 is 1.35 bits per heavy atom. The molecule has 2 amide bonds. The van der Waals surface area contributed by atoms with E-state index >= 15 is 0 Å². The Morgan fingerprint density at radius 3 is 2.73 bits per heavy atom. The molecule has 1 fully saturated rings. The summed E-state index contributed by atoms with van der Waals surface area (Å²) in [7, 11) is 0. The van der Waals surface area contributed by atoms with Gasteiger partial charge in [-0.1, -0.05) is 5.92 Å². The average Bonchev–Trinajstić information content (AvgIpc) is 3.13. The first-order valence-electron chi connectivity index (χ1n) is 8.67. The minimum atomic E-state index is -0.656. The topological polar surface area (TPSA) is 88.0 Å². The van der Waals surface area contributed by atoms with Gasteiger partial charge < -0.3 is 16.0 Å². The summed E-state index contributed by atoms with van der Waals surface area (Å²) in [6, 6.07) is 1.20. The summed E-state index contributed by atoms with van der Waals surface area (Å²) in [5.74, 6) is 3.63. The second-order valence-electron chi connectivity index (χ2n) is 6.86. The number of halogens is 1. The lowest BCUT2D eigenvalue weighted by Crippen LogP contribution is -2.31. The number of hydrogen-bond donors (Lipinski definition) is 3. The standard InChI is InChI=1S/C20H22FN3O2/c1-4-5-16(25)24-13-7-6-12(8-13)18-15(21)9-14(20(22)26)19-17(18)10(2)11(3)23-19/h9,12-13,23H,6-8H2,1-3H3,(H2,22,26)(H,24,25)/t12-,13-/m0/s1. The van der Waals surface area contributed by atoms with Gasteiger partial charge in [-0.3, -0.25) is 9.59 Å². The van der Waals surface area contributed by atoms with Gasteiger partial charge in [0.1, 0.15) is 5.82 Å². The Hall–Kier alpha value is -2.81. The molecule has 1 aromatic carbocycles. The summed E-state index contributed by atoms with van der Waals surface area (Å²) in [6.07, 6.45) is 2.17. The van der Waals surface area contributed by atoms with Gasteiger partial charge in [0.15, 0.2) is 0 Å². The highest BCUT2D eigenvalue weighted by Gasteiger charge is 2.32. The van der Waals surface area contributed by atoms with E-state index in [-0.39, 0.29) is 23.4 Å². The fourth-order valence-electron chi connectivity index (χ4n) is 3.96. The van der Waals surface area contributed by atoms with Crippen molar-refractivity contribution >= 4 is 22.7 Å². The third-order valence-corrected chi connectivity index (χ3v) is 5.25. The zero-order valence-corrected chi connectivity index (χ0v) is 15.1. The molecule has 6 heteroatoms. The van der Waals surface area contributed by atoms with E-state index in [1.807, 2.05) is 13.8 Å². The number of aryl methyl sites for hydroxylation is 2. The zero-order valence-electron chi connectivity index (χ0n) is 15.1. The molecule has 1 heterocycles. The van der Waals surface area contributed by atoms with Crippen LogP contribution in [-0.4, -0.2) is 22.8 Å². The van der Waals surface area contributed by atoms with Gasteiger partial charge in [0.25, 0.3) is 11.8 Å². The fraction of sp³-hybridized carbons (Fsp3) is 0.400. The quantitative estimate of drug-likeness (QED) is 0.739. The largest absolute Gasteiger partial charge is 0.366 e. The average molecular weight is 355 g/mol. The van der Waals surface area contributed by atoms with E-state index in [4.69, 9.17) is 5.73 Å². The number of carbonyl (C=O) groups excluding carboxylic acids is 2. The van der Waals surface area contributed by atoms with Crippen LogP contribution in [0.2, 0.25) is 0 Å². The molecule has 0 spiro atoms. The molecule has 0 bridgehead atoms. The maximum absolute atomic E-state index is 15.0. The Labute approximate surface area is 151 Å². The number of nitrogens with two attached hydrogens (primary N) is 1. The molecule has 4 N–H and O–H groups in total. The van der Waals surface area contributed by atoms with Crippen LogP contribution in [0, 0.1) is 31.5 Å². The molecule has 1 saturated carbocycles. The summed E-state index contributed by atoms with van der Waals surface area (Å²) < 4.78 is 15.0. The summed E-state index contributed by atoms with van der Waals surface area (Å²) in [5, 5.41) is 3.62. The predicted molar refractivity (Wildman–Crippen MR) is 98.2 cm³/mol. The third-order valence-electron chi connectivity index (χ3n) is 5.25. The lowest BCUT2D eigenvalue weighted by molar-refractivity contribution is -0.116. The number of H-pyrrole nitrogens is 1. The Balaban J connectivity index is 2.02. The molecule has 0 aliphatic heterocycles. The van der Waals surface area contributed by atoms with Crippen LogP contribution in [0.1, 0.15) is 59.3 Å². The van der Waals surface area contributed by atoms with Crippen molar-refractivity contribution in [2.24, 2.45) is 5.73 Å². The first-order valence-corrected chi connectivity index (χ1v) is 8.67. The first kappa shape index (κ1) is 18.0. The summed E-state index contributed by atoms with van der Waals surface area (Å²) in [4.78, 5) is 26.6. The molecule has 1 aliphatic carbocycles. The van der Waals surface area contributed by atoms with Crippen LogP contribution >= 0.6 is 0 Å². The number of fused-ring (bicyclic) bond motifs is 1. The molecule has 0 unspecified atom stereocenters. The molecule has 136 valence electrons. The molecule has 0 radical (unpaired) electrons. The number of hydrogen-bond acceptors (Lipinski definition) is 2. The van der Waals surface area contributed by atoms with Crippen molar-refractivity contribution in [1.82, 2.24) is 10.3 Å². The van der Waals surface area contributed by atoms with Crippen molar-refractivity contribution in [1.29, 1.82) is 0 Å². The van der Waals surface area contributed by atoms with Crippen molar-refractivity contribution in [3.63, 3.8) is 0 Å². The molecule has 5 nitrogen and oxygen atoms in total. The van der Waals surface area contributed by atoms with E-state index in [9.17, 15) is 14.0 Å². The number of amides is 2. The van der Waals surface area contributed by atoms with Crippen molar-refractivity contribution in [3.8, 4) is 11.8 Å². The van der Waals surface area contributed by atoms with E-state index in [0.717, 1.165) is 29.5 Å². The SMILES string of the molecule is CC#CC(=O)N[C@H]1CC[C@H](c2c(F)cc(C(N)=O)c3[nH]c(C)c(C)c23)C1. The van der Waals surface area contributed by atoms with E-state index in [2.05, 4.69) is 22.1 Å². The molecule has 3 rings (SSSR count). The Kier molecular flexibility index (Phi) is 4.73. The second kappa shape index (κ2) is 6.83. The molecule has 2 aromatic rings. The van der Waals surface area contributed by atoms with E-state index < -0.39 is 11.7 Å². The Bertz CT molecular complexity index is 965. The summed E-state index contributed by atoms with van der Waals surface area (Å²) in [6.45, 7) is 5.41. The third kappa shape index (κ3) is 3.05. The van der Waals surface area contributed by atoms with Crippen molar-refractivity contribution in [3.05, 3.63) is 34.3 Å². The number of aromatic amines is 1. The summed E-state index contributed by atoms with van der Waals surface area (Å²) in [5.41, 5.74) is 8.59. The van der Waals surface area contributed by atoms with E-state index in [1.54, 1.807) is 6.92 Å². The van der Waals surface area contributed by atoms with E-state index in [1.165, 1.54) is 6.07 Å². The van der Waals surface area contributed by atoms with Gasteiger partial charge in [0.2, 0.25) is 0 Å². The number of carbonyl (C=O) groups is 2. The van der Waals surface area contributed by atoms with Gasteiger partial charge in [-0.2, -0.15) is 0 Å². The van der Waals surface area contributed by atoms with Crippen LogP contribution < -0.4 is 11.1 Å². The van der Waals surface area contributed by atoms with Gasteiger partial charge in [0, 0.05) is 22.7 Å². The van der Waals surface area contributed by atoms with Crippen molar-refractivity contribution in [2.45, 2.75) is 52.0 Å². The molecular weight excluding hydrogens is 333 g/mol. The number of rotatable bonds is 3. The smallest absolute Gasteiger partial charge is 0.296 e. The highest BCUT2D eigenvalue weighted by molar-refractivity contribution is 6.07. The highest BCUT2D eigenvalue weighted by Crippen LogP contribution is 2.41. The van der Waals surface area contributed by atoms with Crippen LogP contribution in [-0.2, 0) is 4.79 Å². The number of benzene rings is 1. The molecule has 1 aliphatic rings.